The van der Waals surface area contributed by atoms with Crippen LogP contribution >= 0.6 is 11.6 Å². The zero-order valence-electron chi connectivity index (χ0n) is 18.4. The van der Waals surface area contributed by atoms with E-state index in [0.29, 0.717) is 32.9 Å². The molecule has 0 bridgehead atoms. The van der Waals surface area contributed by atoms with Crippen molar-refractivity contribution < 1.29 is 29.0 Å². The molecule has 0 aliphatic carbocycles. The van der Waals surface area contributed by atoms with Crippen LogP contribution in [0.2, 0.25) is 5.02 Å². The number of pyridine rings is 1. The van der Waals surface area contributed by atoms with Gasteiger partial charge in [0.1, 0.15) is 5.75 Å². The SMILES string of the molecule is COc1cc(Cl)cc2cc(C(=O)C3=C(O)C(=O)N(Cc4cccnc4)C3c3cccc(O)c3)oc12. The summed E-state index contributed by atoms with van der Waals surface area (Å²) in [4.78, 5) is 32.3. The molecule has 1 atom stereocenters. The van der Waals surface area contributed by atoms with Crippen LogP contribution in [0.5, 0.6) is 11.5 Å². The molecule has 0 fully saturated rings. The molecule has 0 radical (unpaired) electrons. The predicted molar refractivity (Wildman–Crippen MR) is 127 cm³/mol. The van der Waals surface area contributed by atoms with E-state index in [1.165, 1.54) is 30.2 Å². The highest BCUT2D eigenvalue weighted by molar-refractivity contribution is 6.31. The minimum Gasteiger partial charge on any atom is -0.508 e. The first-order valence-electron chi connectivity index (χ1n) is 10.6. The van der Waals surface area contributed by atoms with Crippen LogP contribution in [0, 0.1) is 0 Å². The number of furan rings is 1. The van der Waals surface area contributed by atoms with Crippen LogP contribution in [-0.2, 0) is 11.3 Å². The van der Waals surface area contributed by atoms with Crippen molar-refractivity contribution in [3.05, 3.63) is 100 Å². The second kappa shape index (κ2) is 8.81. The summed E-state index contributed by atoms with van der Waals surface area (Å²) in [7, 11) is 1.45. The lowest BCUT2D eigenvalue weighted by molar-refractivity contribution is -0.130. The molecule has 0 saturated heterocycles. The van der Waals surface area contributed by atoms with E-state index in [1.54, 1.807) is 48.8 Å². The smallest absolute Gasteiger partial charge is 0.290 e. The number of aromatic hydroxyl groups is 1. The second-order valence-electron chi connectivity index (χ2n) is 8.02. The number of halogens is 1. The number of phenols is 1. The van der Waals surface area contributed by atoms with Crippen molar-refractivity contribution in [2.45, 2.75) is 12.6 Å². The number of phenolic OH excluding ortho intramolecular Hbond substituents is 1. The second-order valence-corrected chi connectivity index (χ2v) is 8.46. The first-order valence-corrected chi connectivity index (χ1v) is 11.0. The first kappa shape index (κ1) is 22.5. The molecule has 5 rings (SSSR count). The van der Waals surface area contributed by atoms with Crippen LogP contribution in [0.4, 0.5) is 0 Å². The summed E-state index contributed by atoms with van der Waals surface area (Å²) in [5, 5.41) is 21.9. The number of rotatable bonds is 6. The lowest BCUT2D eigenvalue weighted by Gasteiger charge is -2.26. The average molecular weight is 491 g/mol. The number of ether oxygens (including phenoxy) is 1. The van der Waals surface area contributed by atoms with Gasteiger partial charge in [0.15, 0.2) is 22.9 Å². The highest BCUT2D eigenvalue weighted by Gasteiger charge is 2.44. The fourth-order valence-corrected chi connectivity index (χ4v) is 4.48. The standard InChI is InChI=1S/C26H19ClN2O6/c1-34-20-11-17(27)8-16-10-19(35-25(16)20)23(31)21-22(15-5-2-6-18(30)9-15)29(26(33)24(21)32)13-14-4-3-7-28-12-14/h2-12,22,30,32H,13H2,1H3. The molecule has 35 heavy (non-hydrogen) atoms. The fourth-order valence-electron chi connectivity index (χ4n) is 4.26. The Hall–Kier alpha value is -4.30. The van der Waals surface area contributed by atoms with Crippen molar-refractivity contribution >= 4 is 34.3 Å². The number of carbonyl (C=O) groups is 2. The van der Waals surface area contributed by atoms with E-state index in [9.17, 15) is 19.8 Å². The molecule has 1 amide bonds. The molecule has 3 heterocycles. The van der Waals surface area contributed by atoms with E-state index in [4.69, 9.17) is 20.8 Å². The summed E-state index contributed by atoms with van der Waals surface area (Å²) in [6, 6.07) is 13.4. The van der Waals surface area contributed by atoms with Crippen molar-refractivity contribution in [2.75, 3.05) is 7.11 Å². The lowest BCUT2D eigenvalue weighted by Crippen LogP contribution is -2.30. The van der Waals surface area contributed by atoms with Gasteiger partial charge < -0.3 is 24.3 Å². The predicted octanol–water partition coefficient (Wildman–Crippen LogP) is 4.97. The van der Waals surface area contributed by atoms with Gasteiger partial charge in [0, 0.05) is 35.4 Å². The van der Waals surface area contributed by atoms with Crippen molar-refractivity contribution in [3.63, 3.8) is 0 Å². The third kappa shape index (κ3) is 3.98. The molecule has 176 valence electrons. The van der Waals surface area contributed by atoms with Crippen molar-refractivity contribution in [2.24, 2.45) is 0 Å². The number of nitrogens with zero attached hydrogens (tertiary/aromatic N) is 2. The van der Waals surface area contributed by atoms with Gasteiger partial charge in [-0.15, -0.1) is 0 Å². The Kier molecular flexibility index (Phi) is 5.66. The van der Waals surface area contributed by atoms with Crippen LogP contribution in [0.3, 0.4) is 0 Å². The summed E-state index contributed by atoms with van der Waals surface area (Å²) in [6.07, 6.45) is 3.20. The van der Waals surface area contributed by atoms with Crippen LogP contribution in [-0.4, -0.2) is 38.9 Å². The van der Waals surface area contributed by atoms with Gasteiger partial charge >= 0.3 is 0 Å². The maximum absolute atomic E-state index is 13.7. The Bertz CT molecular complexity index is 1490. The molecular weight excluding hydrogens is 472 g/mol. The minimum absolute atomic E-state index is 0.0439. The summed E-state index contributed by atoms with van der Waals surface area (Å²) in [6.45, 7) is 0.0808. The number of aliphatic hydroxyl groups excluding tert-OH is 1. The van der Waals surface area contributed by atoms with E-state index >= 15 is 0 Å². The number of amides is 1. The fraction of sp³-hybridized carbons (Fsp3) is 0.115. The van der Waals surface area contributed by atoms with Gasteiger partial charge in [-0.25, -0.2) is 0 Å². The summed E-state index contributed by atoms with van der Waals surface area (Å²) in [5.41, 5.74) is 1.31. The molecule has 4 aromatic rings. The molecule has 9 heteroatoms. The Morgan fingerprint density at radius 3 is 2.71 bits per heavy atom. The molecule has 8 nitrogen and oxygen atoms in total. The molecule has 2 aromatic heterocycles. The van der Waals surface area contributed by atoms with Crippen LogP contribution < -0.4 is 4.74 Å². The van der Waals surface area contributed by atoms with Gasteiger partial charge in [0.2, 0.25) is 5.78 Å². The third-order valence-electron chi connectivity index (χ3n) is 5.80. The topological polar surface area (TPSA) is 113 Å². The van der Waals surface area contributed by atoms with E-state index in [0.717, 1.165) is 0 Å². The number of hydrogen-bond donors (Lipinski definition) is 2. The quantitative estimate of drug-likeness (QED) is 0.367. The van der Waals surface area contributed by atoms with Gasteiger partial charge in [-0.1, -0.05) is 29.8 Å². The van der Waals surface area contributed by atoms with Crippen molar-refractivity contribution in [3.8, 4) is 11.5 Å². The van der Waals surface area contributed by atoms with E-state index < -0.39 is 23.5 Å². The zero-order valence-corrected chi connectivity index (χ0v) is 19.2. The molecular formula is C26H19ClN2O6. The summed E-state index contributed by atoms with van der Waals surface area (Å²) < 4.78 is 11.1. The largest absolute Gasteiger partial charge is 0.508 e. The van der Waals surface area contributed by atoms with Gasteiger partial charge in [0.05, 0.1) is 18.7 Å². The molecule has 2 N–H and O–H groups in total. The van der Waals surface area contributed by atoms with E-state index in [-0.39, 0.29) is 23.6 Å². The summed E-state index contributed by atoms with van der Waals surface area (Å²) in [5.74, 6) is -1.87. The van der Waals surface area contributed by atoms with Crippen LogP contribution in [0.25, 0.3) is 11.0 Å². The van der Waals surface area contributed by atoms with E-state index in [1.807, 2.05) is 0 Å². The first-order chi connectivity index (χ1) is 16.9. The Balaban J connectivity index is 1.62. The molecule has 0 spiro atoms. The monoisotopic (exact) mass is 490 g/mol. The average Bonchev–Trinajstić information content (AvgIpc) is 3.38. The molecule has 1 unspecified atom stereocenters. The molecule has 1 aliphatic rings. The lowest BCUT2D eigenvalue weighted by atomic mass is 9.94. The molecule has 0 saturated carbocycles. The molecule has 2 aromatic carbocycles. The van der Waals surface area contributed by atoms with Gasteiger partial charge in [-0.05, 0) is 41.5 Å². The van der Waals surface area contributed by atoms with Gasteiger partial charge in [-0.3, -0.25) is 14.6 Å². The van der Waals surface area contributed by atoms with Crippen molar-refractivity contribution in [1.82, 2.24) is 9.88 Å². The Labute approximate surface area is 204 Å². The van der Waals surface area contributed by atoms with E-state index in [2.05, 4.69) is 4.98 Å². The molecule has 1 aliphatic heterocycles. The zero-order chi connectivity index (χ0) is 24.7. The highest BCUT2D eigenvalue weighted by atomic mass is 35.5. The number of benzene rings is 2. The number of Topliss-reactive ketones (excluding diaryl/α,β-unsaturated/α-hetero) is 1. The highest BCUT2D eigenvalue weighted by Crippen LogP contribution is 2.42. The number of methoxy groups -OCH3 is 1. The van der Waals surface area contributed by atoms with Crippen LogP contribution in [0.15, 0.2) is 82.7 Å². The number of fused-ring (bicyclic) bond motifs is 1. The van der Waals surface area contributed by atoms with Gasteiger partial charge in [-0.2, -0.15) is 0 Å². The minimum atomic E-state index is -0.971. The number of ketones is 1. The summed E-state index contributed by atoms with van der Waals surface area (Å²) >= 11 is 6.14. The Morgan fingerprint density at radius 1 is 1.17 bits per heavy atom. The number of hydrogen-bond acceptors (Lipinski definition) is 7. The maximum atomic E-state index is 13.7. The van der Waals surface area contributed by atoms with Crippen LogP contribution in [0.1, 0.15) is 27.7 Å². The maximum Gasteiger partial charge on any atom is 0.290 e. The van der Waals surface area contributed by atoms with Gasteiger partial charge in [0.25, 0.3) is 5.91 Å². The number of aliphatic hydroxyl groups is 1. The Morgan fingerprint density at radius 2 is 2.00 bits per heavy atom. The van der Waals surface area contributed by atoms with Crippen molar-refractivity contribution in [1.29, 1.82) is 0 Å². The number of aromatic nitrogens is 1. The number of carbonyl (C=O) groups excluding carboxylic acids is 2. The third-order valence-corrected chi connectivity index (χ3v) is 6.02. The normalized spacial score (nSPS) is 15.8.